The first kappa shape index (κ1) is 14.0. The number of para-hydroxylation sites is 2. The zero-order chi connectivity index (χ0) is 15.8. The lowest BCUT2D eigenvalue weighted by atomic mass is 10.1. The minimum Gasteiger partial charge on any atom is -0.482 e. The second-order valence-electron chi connectivity index (χ2n) is 5.81. The van der Waals surface area contributed by atoms with E-state index in [0.717, 1.165) is 31.0 Å². The van der Waals surface area contributed by atoms with Crippen molar-refractivity contribution >= 4 is 5.91 Å². The first-order chi connectivity index (χ1) is 11.2. The van der Waals surface area contributed by atoms with Crippen molar-refractivity contribution in [3.05, 3.63) is 35.9 Å². The van der Waals surface area contributed by atoms with Gasteiger partial charge in [-0.25, -0.2) is 0 Å². The van der Waals surface area contributed by atoms with Crippen LogP contribution in [0, 0.1) is 0 Å². The molecule has 2 atom stereocenters. The topological polar surface area (TPSA) is 78.3 Å². The predicted octanol–water partition coefficient (Wildman–Crippen LogP) is 1.07. The zero-order valence-corrected chi connectivity index (χ0v) is 12.9. The number of rotatable bonds is 3. The largest absolute Gasteiger partial charge is 0.482 e. The molecule has 2 aliphatic heterocycles. The molecule has 1 amide bonds. The molecule has 2 aliphatic rings. The number of hydrogen-bond acceptors (Lipinski definition) is 5. The Morgan fingerprint density at radius 1 is 1.30 bits per heavy atom. The van der Waals surface area contributed by atoms with E-state index in [1.165, 1.54) is 0 Å². The quantitative estimate of drug-likeness (QED) is 0.917. The van der Waals surface area contributed by atoms with E-state index in [1.54, 1.807) is 6.07 Å². The lowest BCUT2D eigenvalue weighted by Crippen LogP contribution is -2.49. The maximum absolute atomic E-state index is 12.4. The second kappa shape index (κ2) is 5.57. The van der Waals surface area contributed by atoms with E-state index in [0.29, 0.717) is 18.0 Å². The number of carbonyl (C=O) groups is 1. The molecule has 3 heterocycles. The molecular weight excluding hydrogens is 296 g/mol. The Bertz CT molecular complexity index is 743. The molecule has 7 heteroatoms. The van der Waals surface area contributed by atoms with Crippen molar-refractivity contribution in [1.82, 2.24) is 20.1 Å². The summed E-state index contributed by atoms with van der Waals surface area (Å²) >= 11 is 0. The van der Waals surface area contributed by atoms with Gasteiger partial charge in [0.15, 0.2) is 17.3 Å². The fraction of sp³-hybridized carbons (Fsp3) is 0.438. The van der Waals surface area contributed by atoms with E-state index in [-0.39, 0.29) is 12.0 Å². The number of aromatic nitrogens is 3. The van der Waals surface area contributed by atoms with Crippen molar-refractivity contribution < 1.29 is 14.3 Å². The van der Waals surface area contributed by atoms with Crippen LogP contribution in [-0.2, 0) is 24.3 Å². The Balaban J connectivity index is 1.43. The number of benzene rings is 1. The molecule has 0 fully saturated rings. The number of aryl methyl sites for hydroxylation is 1. The van der Waals surface area contributed by atoms with Gasteiger partial charge >= 0.3 is 0 Å². The second-order valence-corrected chi connectivity index (χ2v) is 5.81. The van der Waals surface area contributed by atoms with Crippen molar-refractivity contribution in [1.29, 1.82) is 0 Å². The molecule has 7 nitrogen and oxygen atoms in total. The lowest BCUT2D eigenvalue weighted by molar-refractivity contribution is -0.133. The third-order valence-electron chi connectivity index (χ3n) is 4.21. The average molecular weight is 314 g/mol. The van der Waals surface area contributed by atoms with Gasteiger partial charge in [0, 0.05) is 13.0 Å². The summed E-state index contributed by atoms with van der Waals surface area (Å²) in [5.41, 5.74) is 0. The number of ether oxygens (including phenoxy) is 2. The molecule has 1 aromatic carbocycles. The molecule has 1 aromatic heterocycles. The van der Waals surface area contributed by atoms with E-state index in [1.807, 2.05) is 25.1 Å². The summed E-state index contributed by atoms with van der Waals surface area (Å²) in [6.07, 6.45) is 1.01. The van der Waals surface area contributed by atoms with E-state index in [9.17, 15) is 4.79 Å². The Morgan fingerprint density at radius 3 is 2.91 bits per heavy atom. The van der Waals surface area contributed by atoms with E-state index in [2.05, 4.69) is 20.1 Å². The molecule has 0 radical (unpaired) electrons. The van der Waals surface area contributed by atoms with Gasteiger partial charge in [0.05, 0.1) is 6.54 Å². The van der Waals surface area contributed by atoms with E-state index in [4.69, 9.17) is 9.47 Å². The van der Waals surface area contributed by atoms with Crippen molar-refractivity contribution in [3.63, 3.8) is 0 Å². The maximum Gasteiger partial charge on any atom is 0.265 e. The molecule has 0 spiro atoms. The molecular formula is C16H18N4O3. The molecule has 0 saturated heterocycles. The highest BCUT2D eigenvalue weighted by atomic mass is 16.6. The highest BCUT2D eigenvalue weighted by Crippen LogP contribution is 2.33. The van der Waals surface area contributed by atoms with Crippen LogP contribution in [-0.4, -0.2) is 32.9 Å². The number of nitrogens with zero attached hydrogens (tertiary/aromatic N) is 3. The fourth-order valence-electron chi connectivity index (χ4n) is 3.01. The van der Waals surface area contributed by atoms with Gasteiger partial charge in [-0.05, 0) is 25.5 Å². The molecule has 0 aliphatic carbocycles. The number of amides is 1. The van der Waals surface area contributed by atoms with Gasteiger partial charge in [-0.3, -0.25) is 4.79 Å². The maximum atomic E-state index is 12.4. The highest BCUT2D eigenvalue weighted by molar-refractivity contribution is 5.82. The third kappa shape index (κ3) is 2.52. The summed E-state index contributed by atoms with van der Waals surface area (Å²) in [6.45, 7) is 3.09. The average Bonchev–Trinajstić information content (AvgIpc) is 3.15. The smallest absolute Gasteiger partial charge is 0.265 e. The Hall–Kier alpha value is -2.57. The molecule has 120 valence electrons. The van der Waals surface area contributed by atoms with Gasteiger partial charge in [-0.2, -0.15) is 0 Å². The summed E-state index contributed by atoms with van der Waals surface area (Å²) in [7, 11) is 0. The number of fused-ring (bicyclic) bond motifs is 2. The van der Waals surface area contributed by atoms with Gasteiger partial charge < -0.3 is 19.4 Å². The fourth-order valence-corrected chi connectivity index (χ4v) is 3.01. The standard InChI is InChI=1S/C16H18N4O3/c1-10-15(23-12-6-3-2-5-11(12)22-10)16(21)17-9-14-19-18-13-7-4-8-20(13)14/h2-3,5-6,10,15H,4,7-9H2,1H3,(H,17,21)/t10-,15+/m1/s1. The molecule has 2 aromatic rings. The van der Waals surface area contributed by atoms with Crippen LogP contribution in [0.25, 0.3) is 0 Å². The van der Waals surface area contributed by atoms with Crippen molar-refractivity contribution in [2.24, 2.45) is 0 Å². The van der Waals surface area contributed by atoms with Crippen LogP contribution >= 0.6 is 0 Å². The van der Waals surface area contributed by atoms with Gasteiger partial charge in [0.1, 0.15) is 11.9 Å². The molecule has 0 saturated carbocycles. The Labute approximate surface area is 133 Å². The van der Waals surface area contributed by atoms with Gasteiger partial charge in [-0.1, -0.05) is 12.1 Å². The molecule has 4 rings (SSSR count). The van der Waals surface area contributed by atoms with E-state index < -0.39 is 6.10 Å². The van der Waals surface area contributed by atoms with Crippen molar-refractivity contribution in [2.75, 3.05) is 0 Å². The van der Waals surface area contributed by atoms with Crippen LogP contribution in [0.3, 0.4) is 0 Å². The molecule has 0 unspecified atom stereocenters. The van der Waals surface area contributed by atoms with Crippen LogP contribution in [0.1, 0.15) is 25.0 Å². The highest BCUT2D eigenvalue weighted by Gasteiger charge is 2.34. The van der Waals surface area contributed by atoms with Crippen LogP contribution in [0.5, 0.6) is 11.5 Å². The monoisotopic (exact) mass is 314 g/mol. The predicted molar refractivity (Wildman–Crippen MR) is 81.1 cm³/mol. The minimum absolute atomic E-state index is 0.206. The van der Waals surface area contributed by atoms with Crippen LogP contribution in [0.4, 0.5) is 0 Å². The molecule has 23 heavy (non-hydrogen) atoms. The van der Waals surface area contributed by atoms with Crippen LogP contribution in [0.2, 0.25) is 0 Å². The van der Waals surface area contributed by atoms with Gasteiger partial charge in [0.25, 0.3) is 5.91 Å². The summed E-state index contributed by atoms with van der Waals surface area (Å²) in [5.74, 6) is 2.83. The Morgan fingerprint density at radius 2 is 2.09 bits per heavy atom. The first-order valence-corrected chi connectivity index (χ1v) is 7.83. The third-order valence-corrected chi connectivity index (χ3v) is 4.21. The van der Waals surface area contributed by atoms with Crippen LogP contribution in [0.15, 0.2) is 24.3 Å². The normalized spacial score (nSPS) is 21.8. The minimum atomic E-state index is -0.675. The molecule has 0 bridgehead atoms. The molecule has 1 N–H and O–H groups in total. The van der Waals surface area contributed by atoms with Gasteiger partial charge in [-0.15, -0.1) is 10.2 Å². The lowest BCUT2D eigenvalue weighted by Gasteiger charge is -2.30. The number of hydrogen-bond donors (Lipinski definition) is 1. The van der Waals surface area contributed by atoms with Crippen LogP contribution < -0.4 is 14.8 Å². The number of carbonyl (C=O) groups excluding carboxylic acids is 1. The Kier molecular flexibility index (Phi) is 3.40. The SMILES string of the molecule is C[C@H]1Oc2ccccc2O[C@@H]1C(=O)NCc1nnc2n1CCC2. The summed E-state index contributed by atoms with van der Waals surface area (Å²) < 4.78 is 13.6. The number of nitrogens with one attached hydrogen (secondary N) is 1. The van der Waals surface area contributed by atoms with Crippen molar-refractivity contribution in [3.8, 4) is 11.5 Å². The summed E-state index contributed by atoms with van der Waals surface area (Å²) in [5, 5.41) is 11.2. The van der Waals surface area contributed by atoms with Crippen molar-refractivity contribution in [2.45, 2.75) is 45.1 Å². The van der Waals surface area contributed by atoms with Gasteiger partial charge in [0.2, 0.25) is 6.10 Å². The van der Waals surface area contributed by atoms with E-state index >= 15 is 0 Å². The summed E-state index contributed by atoms with van der Waals surface area (Å²) in [4.78, 5) is 12.4. The zero-order valence-electron chi connectivity index (χ0n) is 12.9. The summed E-state index contributed by atoms with van der Waals surface area (Å²) in [6, 6.07) is 7.36. The first-order valence-electron chi connectivity index (χ1n) is 7.83.